The number of nitrogens with one attached hydrogen (secondary N) is 1. The molecule has 0 bridgehead atoms. The fourth-order valence-electron chi connectivity index (χ4n) is 3.88. The molecule has 2 unspecified atom stereocenters. The van der Waals surface area contributed by atoms with Gasteiger partial charge in [0.25, 0.3) is 0 Å². The molecule has 0 aromatic heterocycles. The Bertz CT molecular complexity index is 241. The summed E-state index contributed by atoms with van der Waals surface area (Å²) in [6.45, 7) is 6.08. The maximum Gasteiger partial charge on any atom is 0.0618 e. The third kappa shape index (κ3) is 3.06. The molecule has 2 aliphatic rings. The van der Waals surface area contributed by atoms with E-state index >= 15 is 0 Å². The zero-order valence-corrected chi connectivity index (χ0v) is 12.0. The summed E-state index contributed by atoms with van der Waals surface area (Å²) in [6, 6.07) is 0. The van der Waals surface area contributed by atoms with Gasteiger partial charge in [0.15, 0.2) is 0 Å². The summed E-state index contributed by atoms with van der Waals surface area (Å²) < 4.78 is 11.0. The molecule has 3 heteroatoms. The van der Waals surface area contributed by atoms with Crippen LogP contribution in [0.15, 0.2) is 0 Å². The van der Waals surface area contributed by atoms with E-state index in [1.165, 1.54) is 38.5 Å². The van der Waals surface area contributed by atoms with Crippen LogP contribution < -0.4 is 5.32 Å². The van der Waals surface area contributed by atoms with Crippen LogP contribution in [0.5, 0.6) is 0 Å². The maximum atomic E-state index is 5.91. The Morgan fingerprint density at radius 2 is 2.06 bits per heavy atom. The molecular weight excluding hydrogens is 226 g/mol. The average Bonchev–Trinajstić information content (AvgIpc) is 2.78. The van der Waals surface area contributed by atoms with Gasteiger partial charge in [0.1, 0.15) is 0 Å². The molecule has 1 N–H and O–H groups in total. The summed E-state index contributed by atoms with van der Waals surface area (Å²) in [5.41, 5.74) is 0.383. The van der Waals surface area contributed by atoms with Crippen molar-refractivity contribution in [3.63, 3.8) is 0 Å². The summed E-state index contributed by atoms with van der Waals surface area (Å²) in [6.07, 6.45) is 8.71. The first kappa shape index (κ1) is 14.3. The molecule has 18 heavy (non-hydrogen) atoms. The molecule has 3 nitrogen and oxygen atoms in total. The number of hydrogen-bond donors (Lipinski definition) is 1. The molecule has 1 aliphatic heterocycles. The Kier molecular flexibility index (Phi) is 5.46. The number of ether oxygens (including phenoxy) is 2. The zero-order valence-electron chi connectivity index (χ0n) is 12.0. The first-order valence-electron chi connectivity index (χ1n) is 7.61. The van der Waals surface area contributed by atoms with Crippen LogP contribution in [0.2, 0.25) is 0 Å². The van der Waals surface area contributed by atoms with Crippen molar-refractivity contribution >= 4 is 0 Å². The number of methoxy groups -OCH3 is 1. The predicted octanol–water partition coefficient (Wildman–Crippen LogP) is 2.60. The standard InChI is InChI=1S/C15H29NO2/c1-13-15(8-10-18-13,12-16-9-11-17-2)14-6-4-3-5-7-14/h13-14,16H,3-12H2,1-2H3. The van der Waals surface area contributed by atoms with Crippen molar-refractivity contribution in [2.45, 2.75) is 51.6 Å². The van der Waals surface area contributed by atoms with Crippen LogP contribution in [-0.4, -0.2) is 39.5 Å². The number of rotatable bonds is 6. The van der Waals surface area contributed by atoms with Gasteiger partial charge in [-0.3, -0.25) is 0 Å². The molecule has 0 aromatic carbocycles. The fourth-order valence-corrected chi connectivity index (χ4v) is 3.88. The Balaban J connectivity index is 1.94. The Hall–Kier alpha value is -0.120. The van der Waals surface area contributed by atoms with Crippen molar-refractivity contribution in [3.05, 3.63) is 0 Å². The van der Waals surface area contributed by atoms with Crippen molar-refractivity contribution in [2.75, 3.05) is 33.4 Å². The highest BCUT2D eigenvalue weighted by Gasteiger charge is 2.47. The summed E-state index contributed by atoms with van der Waals surface area (Å²) in [4.78, 5) is 0. The van der Waals surface area contributed by atoms with Crippen LogP contribution in [0.25, 0.3) is 0 Å². The van der Waals surface area contributed by atoms with Crippen molar-refractivity contribution in [1.82, 2.24) is 5.32 Å². The smallest absolute Gasteiger partial charge is 0.0618 e. The topological polar surface area (TPSA) is 30.5 Å². The normalized spacial score (nSPS) is 34.0. The van der Waals surface area contributed by atoms with Gasteiger partial charge in [0, 0.05) is 32.2 Å². The second-order valence-electron chi connectivity index (χ2n) is 6.00. The predicted molar refractivity (Wildman–Crippen MR) is 73.8 cm³/mol. The van der Waals surface area contributed by atoms with Crippen molar-refractivity contribution in [2.24, 2.45) is 11.3 Å². The largest absolute Gasteiger partial charge is 0.383 e. The Morgan fingerprint density at radius 3 is 2.67 bits per heavy atom. The van der Waals surface area contributed by atoms with Crippen LogP contribution in [0.1, 0.15) is 45.4 Å². The molecule has 1 aliphatic carbocycles. The van der Waals surface area contributed by atoms with Crippen LogP contribution in [-0.2, 0) is 9.47 Å². The molecule has 0 spiro atoms. The van der Waals surface area contributed by atoms with Crippen LogP contribution in [0.4, 0.5) is 0 Å². The van der Waals surface area contributed by atoms with Gasteiger partial charge in [-0.25, -0.2) is 0 Å². The third-order valence-corrected chi connectivity index (χ3v) is 5.10. The first-order chi connectivity index (χ1) is 8.79. The van der Waals surface area contributed by atoms with Gasteiger partial charge < -0.3 is 14.8 Å². The Labute approximate surface area is 112 Å². The van der Waals surface area contributed by atoms with Crippen molar-refractivity contribution in [3.8, 4) is 0 Å². The lowest BCUT2D eigenvalue weighted by Crippen LogP contribution is -2.46. The SMILES string of the molecule is COCCNCC1(C2CCCCC2)CCOC1C. The minimum absolute atomic E-state index is 0.383. The van der Waals surface area contributed by atoms with E-state index in [-0.39, 0.29) is 0 Å². The maximum absolute atomic E-state index is 5.91. The van der Waals surface area contributed by atoms with Gasteiger partial charge >= 0.3 is 0 Å². The van der Waals surface area contributed by atoms with Gasteiger partial charge in [-0.15, -0.1) is 0 Å². The van der Waals surface area contributed by atoms with Gasteiger partial charge in [0.2, 0.25) is 0 Å². The molecule has 1 heterocycles. The first-order valence-corrected chi connectivity index (χ1v) is 7.61. The molecular formula is C15H29NO2. The minimum Gasteiger partial charge on any atom is -0.383 e. The highest BCUT2D eigenvalue weighted by atomic mass is 16.5. The monoisotopic (exact) mass is 255 g/mol. The minimum atomic E-state index is 0.383. The lowest BCUT2D eigenvalue weighted by atomic mass is 9.65. The molecule has 2 fully saturated rings. The fraction of sp³-hybridized carbons (Fsp3) is 1.00. The quantitative estimate of drug-likeness (QED) is 0.740. The second kappa shape index (κ2) is 6.88. The third-order valence-electron chi connectivity index (χ3n) is 5.10. The van der Waals surface area contributed by atoms with E-state index in [2.05, 4.69) is 12.2 Å². The van der Waals surface area contributed by atoms with Gasteiger partial charge in [-0.05, 0) is 32.1 Å². The van der Waals surface area contributed by atoms with E-state index in [9.17, 15) is 0 Å². The van der Waals surface area contributed by atoms with Gasteiger partial charge in [0.05, 0.1) is 12.7 Å². The lowest BCUT2D eigenvalue weighted by Gasteiger charge is -2.42. The Morgan fingerprint density at radius 1 is 1.28 bits per heavy atom. The van der Waals surface area contributed by atoms with E-state index in [1.807, 2.05) is 0 Å². The molecule has 1 saturated carbocycles. The van der Waals surface area contributed by atoms with E-state index in [1.54, 1.807) is 7.11 Å². The van der Waals surface area contributed by atoms with E-state index < -0.39 is 0 Å². The van der Waals surface area contributed by atoms with Crippen molar-refractivity contribution in [1.29, 1.82) is 0 Å². The highest BCUT2D eigenvalue weighted by molar-refractivity contribution is 4.97. The molecule has 0 amide bonds. The molecule has 106 valence electrons. The van der Waals surface area contributed by atoms with E-state index in [0.29, 0.717) is 11.5 Å². The highest BCUT2D eigenvalue weighted by Crippen LogP contribution is 2.47. The molecule has 0 aromatic rings. The second-order valence-corrected chi connectivity index (χ2v) is 6.00. The average molecular weight is 255 g/mol. The van der Waals surface area contributed by atoms with Crippen LogP contribution >= 0.6 is 0 Å². The van der Waals surface area contributed by atoms with E-state index in [0.717, 1.165) is 32.2 Å². The summed E-state index contributed by atoms with van der Waals surface area (Å²) in [5, 5.41) is 3.59. The molecule has 2 rings (SSSR count). The van der Waals surface area contributed by atoms with E-state index in [4.69, 9.17) is 9.47 Å². The van der Waals surface area contributed by atoms with Crippen molar-refractivity contribution < 1.29 is 9.47 Å². The molecule has 0 radical (unpaired) electrons. The van der Waals surface area contributed by atoms with Crippen LogP contribution in [0, 0.1) is 11.3 Å². The summed E-state index contributed by atoms with van der Waals surface area (Å²) in [7, 11) is 1.76. The van der Waals surface area contributed by atoms with Gasteiger partial charge in [-0.2, -0.15) is 0 Å². The molecule has 1 saturated heterocycles. The summed E-state index contributed by atoms with van der Waals surface area (Å²) in [5.74, 6) is 0.860. The van der Waals surface area contributed by atoms with Crippen LogP contribution in [0.3, 0.4) is 0 Å². The summed E-state index contributed by atoms with van der Waals surface area (Å²) >= 11 is 0. The molecule has 2 atom stereocenters. The zero-order chi connectivity index (χ0) is 12.8. The van der Waals surface area contributed by atoms with Gasteiger partial charge in [-0.1, -0.05) is 19.3 Å². The lowest BCUT2D eigenvalue weighted by molar-refractivity contribution is 0.0141. The number of hydrogen-bond acceptors (Lipinski definition) is 3.